The molecule has 0 spiro atoms. The first-order valence-electron chi connectivity index (χ1n) is 7.86. The first kappa shape index (κ1) is 14.0. The van der Waals surface area contributed by atoms with Gasteiger partial charge in [0.05, 0.1) is 29.8 Å². The number of aromatic amines is 1. The number of nitrogens with zero attached hydrogens (tertiary/aromatic N) is 5. The van der Waals surface area contributed by atoms with Gasteiger partial charge in [-0.05, 0) is 31.5 Å². The first-order chi connectivity index (χ1) is 11.4. The summed E-state index contributed by atoms with van der Waals surface area (Å²) in [4.78, 5) is 23.2. The van der Waals surface area contributed by atoms with Crippen molar-refractivity contribution in [2.75, 3.05) is 6.54 Å². The molecule has 6 heteroatoms. The van der Waals surface area contributed by atoms with Crippen LogP contribution in [0.2, 0.25) is 0 Å². The number of hydrogen-bond acceptors (Lipinski definition) is 5. The zero-order chi connectivity index (χ0) is 15.5. The van der Waals surface area contributed by atoms with Crippen LogP contribution in [-0.2, 0) is 6.54 Å². The third-order valence-electron chi connectivity index (χ3n) is 4.21. The molecule has 23 heavy (non-hydrogen) atoms. The molecule has 1 N–H and O–H groups in total. The molecule has 4 heterocycles. The number of pyridine rings is 1. The summed E-state index contributed by atoms with van der Waals surface area (Å²) in [7, 11) is 0. The fourth-order valence-electron chi connectivity index (χ4n) is 3.09. The molecule has 1 atom stereocenters. The maximum atomic E-state index is 4.62. The SMILES string of the molecule is c1ccc(CN2CCCC2c2cnc(-c3ncc[nH]3)cn2)nc1. The van der Waals surface area contributed by atoms with Crippen molar-refractivity contribution in [3.63, 3.8) is 0 Å². The van der Waals surface area contributed by atoms with Crippen LogP contribution in [0.5, 0.6) is 0 Å². The Hall–Kier alpha value is -2.60. The summed E-state index contributed by atoms with van der Waals surface area (Å²) < 4.78 is 0. The van der Waals surface area contributed by atoms with E-state index in [2.05, 4.69) is 35.9 Å². The number of H-pyrrole nitrogens is 1. The molecule has 116 valence electrons. The Balaban J connectivity index is 1.52. The largest absolute Gasteiger partial charge is 0.343 e. The number of nitrogens with one attached hydrogen (secondary N) is 1. The van der Waals surface area contributed by atoms with Crippen molar-refractivity contribution in [2.45, 2.75) is 25.4 Å². The lowest BCUT2D eigenvalue weighted by Crippen LogP contribution is -2.24. The minimum absolute atomic E-state index is 0.315. The van der Waals surface area contributed by atoms with Crippen LogP contribution in [0.4, 0.5) is 0 Å². The summed E-state index contributed by atoms with van der Waals surface area (Å²) in [5.41, 5.74) is 2.89. The van der Waals surface area contributed by atoms with E-state index in [0.717, 1.165) is 42.4 Å². The molecule has 0 saturated carbocycles. The fraction of sp³-hybridized carbons (Fsp3) is 0.294. The number of rotatable bonds is 4. The molecule has 6 nitrogen and oxygen atoms in total. The predicted octanol–water partition coefficient (Wildman–Crippen LogP) is 2.60. The van der Waals surface area contributed by atoms with Crippen molar-refractivity contribution < 1.29 is 0 Å². The van der Waals surface area contributed by atoms with Gasteiger partial charge in [-0.2, -0.15) is 0 Å². The van der Waals surface area contributed by atoms with Gasteiger partial charge < -0.3 is 4.98 Å². The fourth-order valence-corrected chi connectivity index (χ4v) is 3.09. The maximum absolute atomic E-state index is 4.62. The zero-order valence-corrected chi connectivity index (χ0v) is 12.8. The van der Waals surface area contributed by atoms with Gasteiger partial charge in [0.2, 0.25) is 0 Å². The third kappa shape index (κ3) is 2.98. The van der Waals surface area contributed by atoms with Crippen LogP contribution in [0.3, 0.4) is 0 Å². The van der Waals surface area contributed by atoms with Crippen molar-refractivity contribution in [3.8, 4) is 11.5 Å². The molecule has 1 unspecified atom stereocenters. The van der Waals surface area contributed by atoms with Gasteiger partial charge in [0.1, 0.15) is 5.69 Å². The zero-order valence-electron chi connectivity index (χ0n) is 12.8. The van der Waals surface area contributed by atoms with Gasteiger partial charge in [0.25, 0.3) is 0 Å². The average molecular weight is 306 g/mol. The van der Waals surface area contributed by atoms with Crippen LogP contribution < -0.4 is 0 Å². The summed E-state index contributed by atoms with van der Waals surface area (Å²) >= 11 is 0. The number of likely N-dealkylation sites (tertiary alicyclic amines) is 1. The van der Waals surface area contributed by atoms with E-state index in [1.165, 1.54) is 6.42 Å². The summed E-state index contributed by atoms with van der Waals surface area (Å²) in [6, 6.07) is 6.37. The second-order valence-electron chi connectivity index (χ2n) is 5.71. The molecular weight excluding hydrogens is 288 g/mol. The highest BCUT2D eigenvalue weighted by atomic mass is 15.2. The molecule has 3 aromatic rings. The Labute approximate surface area is 134 Å². The van der Waals surface area contributed by atoms with Crippen molar-refractivity contribution in [2.24, 2.45) is 0 Å². The predicted molar refractivity (Wildman–Crippen MR) is 86.2 cm³/mol. The Morgan fingerprint density at radius 3 is 2.83 bits per heavy atom. The van der Waals surface area contributed by atoms with Crippen LogP contribution in [-0.4, -0.2) is 36.4 Å². The number of aromatic nitrogens is 5. The summed E-state index contributed by atoms with van der Waals surface area (Å²) in [5.74, 6) is 0.751. The van der Waals surface area contributed by atoms with E-state index in [-0.39, 0.29) is 0 Å². The Morgan fingerprint density at radius 1 is 1.09 bits per heavy atom. The molecular formula is C17H18N6. The molecule has 0 amide bonds. The van der Waals surface area contributed by atoms with Gasteiger partial charge in [-0.25, -0.2) is 9.97 Å². The Kier molecular flexibility index (Phi) is 3.81. The first-order valence-corrected chi connectivity index (χ1v) is 7.86. The number of hydrogen-bond donors (Lipinski definition) is 1. The second-order valence-corrected chi connectivity index (χ2v) is 5.71. The summed E-state index contributed by atoms with van der Waals surface area (Å²) in [6.45, 7) is 1.93. The summed E-state index contributed by atoms with van der Waals surface area (Å²) in [6.07, 6.45) is 11.3. The van der Waals surface area contributed by atoms with E-state index in [0.29, 0.717) is 6.04 Å². The monoisotopic (exact) mass is 306 g/mol. The Bertz CT molecular complexity index is 739. The van der Waals surface area contributed by atoms with E-state index in [1.54, 1.807) is 18.6 Å². The molecule has 0 radical (unpaired) electrons. The van der Waals surface area contributed by atoms with E-state index < -0.39 is 0 Å². The topological polar surface area (TPSA) is 70.6 Å². The lowest BCUT2D eigenvalue weighted by atomic mass is 10.1. The highest BCUT2D eigenvalue weighted by molar-refractivity contribution is 5.46. The molecule has 1 saturated heterocycles. The number of imidazole rings is 1. The van der Waals surface area contributed by atoms with Crippen LogP contribution >= 0.6 is 0 Å². The van der Waals surface area contributed by atoms with Gasteiger partial charge in [0.15, 0.2) is 5.82 Å². The van der Waals surface area contributed by atoms with Crippen molar-refractivity contribution in [1.82, 2.24) is 29.8 Å². The highest BCUT2D eigenvalue weighted by Crippen LogP contribution is 2.31. The highest BCUT2D eigenvalue weighted by Gasteiger charge is 2.27. The minimum Gasteiger partial charge on any atom is -0.343 e. The van der Waals surface area contributed by atoms with E-state index in [9.17, 15) is 0 Å². The quantitative estimate of drug-likeness (QED) is 0.802. The maximum Gasteiger partial charge on any atom is 0.157 e. The van der Waals surface area contributed by atoms with Crippen LogP contribution in [0.1, 0.15) is 30.3 Å². The third-order valence-corrected chi connectivity index (χ3v) is 4.21. The van der Waals surface area contributed by atoms with Gasteiger partial charge in [-0.1, -0.05) is 6.07 Å². The lowest BCUT2D eigenvalue weighted by Gasteiger charge is -2.23. The standard InChI is InChI=1S/C17H18N6/c1-2-6-18-13(4-1)12-23-9-3-5-16(23)14-10-22-15(11-21-14)17-19-7-8-20-17/h1-2,4,6-8,10-11,16H,3,5,9,12H2,(H,19,20). The van der Waals surface area contributed by atoms with Gasteiger partial charge >= 0.3 is 0 Å². The van der Waals surface area contributed by atoms with E-state index in [4.69, 9.17) is 0 Å². The molecule has 1 aliphatic rings. The molecule has 3 aromatic heterocycles. The van der Waals surface area contributed by atoms with E-state index in [1.807, 2.05) is 24.5 Å². The van der Waals surface area contributed by atoms with Crippen LogP contribution in [0.15, 0.2) is 49.2 Å². The molecule has 1 fully saturated rings. The molecule has 0 aliphatic carbocycles. The van der Waals surface area contributed by atoms with E-state index >= 15 is 0 Å². The van der Waals surface area contributed by atoms with Crippen molar-refractivity contribution in [3.05, 3.63) is 60.6 Å². The van der Waals surface area contributed by atoms with Crippen LogP contribution in [0, 0.1) is 0 Å². The molecule has 0 aromatic carbocycles. The smallest absolute Gasteiger partial charge is 0.157 e. The van der Waals surface area contributed by atoms with Gasteiger partial charge in [-0.15, -0.1) is 0 Å². The van der Waals surface area contributed by atoms with Gasteiger partial charge in [0, 0.05) is 25.1 Å². The normalized spacial score (nSPS) is 18.3. The summed E-state index contributed by atoms with van der Waals surface area (Å²) in [5, 5.41) is 0. The lowest BCUT2D eigenvalue weighted by molar-refractivity contribution is 0.241. The van der Waals surface area contributed by atoms with Crippen LogP contribution in [0.25, 0.3) is 11.5 Å². The molecule has 4 rings (SSSR count). The van der Waals surface area contributed by atoms with Crippen molar-refractivity contribution >= 4 is 0 Å². The Morgan fingerprint density at radius 2 is 2.09 bits per heavy atom. The second kappa shape index (κ2) is 6.26. The minimum atomic E-state index is 0.315. The van der Waals surface area contributed by atoms with Gasteiger partial charge in [-0.3, -0.25) is 14.9 Å². The average Bonchev–Trinajstić information content (AvgIpc) is 3.28. The molecule has 0 bridgehead atoms. The molecule has 1 aliphatic heterocycles. The van der Waals surface area contributed by atoms with Crippen molar-refractivity contribution in [1.29, 1.82) is 0 Å².